The van der Waals surface area contributed by atoms with Crippen LogP contribution in [0.5, 0.6) is 11.5 Å². The Labute approximate surface area is 198 Å². The summed E-state index contributed by atoms with van der Waals surface area (Å²) in [5.41, 5.74) is 1.73. The van der Waals surface area contributed by atoms with E-state index in [4.69, 9.17) is 9.47 Å². The molecule has 0 aliphatic heterocycles. The van der Waals surface area contributed by atoms with E-state index in [2.05, 4.69) is 6.58 Å². The van der Waals surface area contributed by atoms with Crippen LogP contribution < -0.4 is 9.47 Å². The van der Waals surface area contributed by atoms with Crippen LogP contribution in [0.15, 0.2) is 67.3 Å². The smallest absolute Gasteiger partial charge is 0.201 e. The molecule has 0 saturated heterocycles. The number of rotatable bonds is 12. The number of unbranched alkanes of at least 4 members (excludes halogenated alkanes) is 1. The lowest BCUT2D eigenvalue weighted by atomic mass is 10.0. The molecular formula is C28H29F3O3. The first kappa shape index (κ1) is 25.4. The Morgan fingerprint density at radius 1 is 0.971 bits per heavy atom. The molecular weight excluding hydrogens is 441 g/mol. The van der Waals surface area contributed by atoms with E-state index in [0.29, 0.717) is 41.9 Å². The standard InChI is InChI=1S/C28H29F3O3/c1-3-5-6-16-33-21-12-13-22(24(29)17-21)20-10-8-19(9-11-20)18-34-26-15-14-23(25(32)7-4-2)27(30)28(26)31/h3,8-15,17,25,32H,1,4-7,16,18H2,2H3. The molecule has 6 heteroatoms. The van der Waals surface area contributed by atoms with Gasteiger partial charge in [0.2, 0.25) is 5.82 Å². The fourth-order valence-corrected chi connectivity index (χ4v) is 3.52. The number of halogens is 3. The highest BCUT2D eigenvalue weighted by Gasteiger charge is 2.19. The van der Waals surface area contributed by atoms with Gasteiger partial charge < -0.3 is 14.6 Å². The van der Waals surface area contributed by atoms with Gasteiger partial charge in [0.1, 0.15) is 18.2 Å². The number of aliphatic hydroxyl groups is 1. The van der Waals surface area contributed by atoms with Gasteiger partial charge in [-0.1, -0.05) is 43.7 Å². The van der Waals surface area contributed by atoms with Crippen molar-refractivity contribution in [3.63, 3.8) is 0 Å². The average Bonchev–Trinajstić information content (AvgIpc) is 2.83. The molecule has 0 fully saturated rings. The Balaban J connectivity index is 1.63. The van der Waals surface area contributed by atoms with Gasteiger partial charge in [0.15, 0.2) is 11.6 Å². The third kappa shape index (κ3) is 6.41. The largest absolute Gasteiger partial charge is 0.493 e. The molecule has 34 heavy (non-hydrogen) atoms. The Morgan fingerprint density at radius 2 is 1.74 bits per heavy atom. The third-order valence-electron chi connectivity index (χ3n) is 5.42. The van der Waals surface area contributed by atoms with E-state index in [0.717, 1.165) is 12.8 Å². The predicted molar refractivity (Wildman–Crippen MR) is 127 cm³/mol. The minimum atomic E-state index is -1.13. The van der Waals surface area contributed by atoms with Crippen molar-refractivity contribution in [1.82, 2.24) is 0 Å². The number of ether oxygens (including phenoxy) is 2. The minimum absolute atomic E-state index is 0.00741. The van der Waals surface area contributed by atoms with Crippen molar-refractivity contribution >= 4 is 0 Å². The van der Waals surface area contributed by atoms with Crippen LogP contribution in [0.3, 0.4) is 0 Å². The Kier molecular flexibility index (Phi) is 9.16. The molecule has 0 radical (unpaired) electrons. The molecule has 180 valence electrons. The maximum Gasteiger partial charge on any atom is 0.201 e. The van der Waals surface area contributed by atoms with Crippen molar-refractivity contribution in [3.8, 4) is 22.6 Å². The van der Waals surface area contributed by atoms with Crippen molar-refractivity contribution in [2.24, 2.45) is 0 Å². The fourth-order valence-electron chi connectivity index (χ4n) is 3.52. The van der Waals surface area contributed by atoms with Crippen LogP contribution in [0.4, 0.5) is 13.2 Å². The first-order valence-electron chi connectivity index (χ1n) is 11.4. The minimum Gasteiger partial charge on any atom is -0.493 e. The van der Waals surface area contributed by atoms with Gasteiger partial charge >= 0.3 is 0 Å². The molecule has 3 nitrogen and oxygen atoms in total. The number of allylic oxidation sites excluding steroid dienone is 1. The molecule has 0 aromatic heterocycles. The topological polar surface area (TPSA) is 38.7 Å². The Hall–Kier alpha value is -3.25. The summed E-state index contributed by atoms with van der Waals surface area (Å²) in [7, 11) is 0. The maximum atomic E-state index is 14.6. The van der Waals surface area contributed by atoms with Crippen LogP contribution in [0, 0.1) is 17.5 Å². The van der Waals surface area contributed by atoms with Crippen molar-refractivity contribution < 1.29 is 27.8 Å². The Morgan fingerprint density at radius 3 is 2.41 bits per heavy atom. The summed E-state index contributed by atoms with van der Waals surface area (Å²) in [6, 6.07) is 14.4. The lowest BCUT2D eigenvalue weighted by Gasteiger charge is -2.14. The molecule has 3 aromatic rings. The molecule has 3 rings (SSSR count). The molecule has 0 heterocycles. The van der Waals surface area contributed by atoms with Gasteiger partial charge in [0.25, 0.3) is 0 Å². The van der Waals surface area contributed by atoms with Crippen LogP contribution in [0.2, 0.25) is 0 Å². The first-order chi connectivity index (χ1) is 16.4. The number of hydrogen-bond donors (Lipinski definition) is 1. The first-order valence-corrected chi connectivity index (χ1v) is 11.4. The molecule has 0 aliphatic carbocycles. The van der Waals surface area contributed by atoms with Gasteiger partial charge in [-0.2, -0.15) is 4.39 Å². The van der Waals surface area contributed by atoms with E-state index in [1.807, 2.05) is 13.0 Å². The molecule has 1 unspecified atom stereocenters. The summed E-state index contributed by atoms with van der Waals surface area (Å²) in [6.07, 6.45) is 3.40. The monoisotopic (exact) mass is 470 g/mol. The fraction of sp³-hybridized carbons (Fsp3) is 0.286. The quantitative estimate of drug-likeness (QED) is 0.220. The molecule has 0 amide bonds. The maximum absolute atomic E-state index is 14.6. The van der Waals surface area contributed by atoms with Crippen molar-refractivity contribution in [2.75, 3.05) is 6.61 Å². The van der Waals surface area contributed by atoms with E-state index < -0.39 is 23.6 Å². The highest BCUT2D eigenvalue weighted by Crippen LogP contribution is 2.30. The van der Waals surface area contributed by atoms with Gasteiger partial charge in [-0.15, -0.1) is 6.58 Å². The van der Waals surface area contributed by atoms with E-state index in [-0.39, 0.29) is 17.9 Å². The van der Waals surface area contributed by atoms with E-state index in [1.54, 1.807) is 36.4 Å². The van der Waals surface area contributed by atoms with E-state index >= 15 is 0 Å². The van der Waals surface area contributed by atoms with Gasteiger partial charge in [-0.25, -0.2) is 8.78 Å². The summed E-state index contributed by atoms with van der Waals surface area (Å²) in [6.45, 7) is 6.01. The summed E-state index contributed by atoms with van der Waals surface area (Å²) in [5.74, 6) is -2.38. The molecule has 0 saturated carbocycles. The van der Waals surface area contributed by atoms with Crippen LogP contribution in [0.25, 0.3) is 11.1 Å². The highest BCUT2D eigenvalue weighted by atomic mass is 19.2. The lowest BCUT2D eigenvalue weighted by molar-refractivity contribution is 0.160. The highest BCUT2D eigenvalue weighted by molar-refractivity contribution is 5.65. The predicted octanol–water partition coefficient (Wildman–Crippen LogP) is 7.53. The molecule has 0 bridgehead atoms. The number of aliphatic hydroxyl groups excluding tert-OH is 1. The van der Waals surface area contributed by atoms with Crippen LogP contribution >= 0.6 is 0 Å². The second kappa shape index (κ2) is 12.3. The number of benzene rings is 3. The molecule has 1 N–H and O–H groups in total. The summed E-state index contributed by atoms with van der Waals surface area (Å²) in [5, 5.41) is 9.95. The third-order valence-corrected chi connectivity index (χ3v) is 5.42. The normalized spacial score (nSPS) is 11.8. The Bertz CT molecular complexity index is 1100. The zero-order valence-electron chi connectivity index (χ0n) is 19.2. The van der Waals surface area contributed by atoms with Crippen LogP contribution in [-0.2, 0) is 6.61 Å². The van der Waals surface area contributed by atoms with Crippen LogP contribution in [-0.4, -0.2) is 11.7 Å². The lowest BCUT2D eigenvalue weighted by Crippen LogP contribution is -2.05. The van der Waals surface area contributed by atoms with Crippen molar-refractivity contribution in [3.05, 3.63) is 95.8 Å². The van der Waals surface area contributed by atoms with Gasteiger partial charge in [0.05, 0.1) is 12.7 Å². The van der Waals surface area contributed by atoms with Gasteiger partial charge in [-0.3, -0.25) is 0 Å². The second-order valence-electron chi connectivity index (χ2n) is 7.99. The molecule has 3 aromatic carbocycles. The van der Waals surface area contributed by atoms with Crippen LogP contribution in [0.1, 0.15) is 49.8 Å². The second-order valence-corrected chi connectivity index (χ2v) is 7.99. The van der Waals surface area contributed by atoms with Crippen molar-refractivity contribution in [1.29, 1.82) is 0 Å². The molecule has 1 atom stereocenters. The molecule has 0 aliphatic rings. The molecule has 0 spiro atoms. The zero-order chi connectivity index (χ0) is 24.5. The zero-order valence-corrected chi connectivity index (χ0v) is 19.2. The summed E-state index contributed by atoms with van der Waals surface area (Å²) < 4.78 is 54.3. The summed E-state index contributed by atoms with van der Waals surface area (Å²) >= 11 is 0. The van der Waals surface area contributed by atoms with Gasteiger partial charge in [0, 0.05) is 17.2 Å². The van der Waals surface area contributed by atoms with E-state index in [1.165, 1.54) is 18.2 Å². The summed E-state index contributed by atoms with van der Waals surface area (Å²) in [4.78, 5) is 0. The SMILES string of the molecule is C=CCCCOc1ccc(-c2ccc(COc3ccc(C(O)CCC)c(F)c3F)cc2)c(F)c1. The number of hydrogen-bond acceptors (Lipinski definition) is 3. The van der Waals surface area contributed by atoms with Gasteiger partial charge in [-0.05, 0) is 54.7 Å². The average molecular weight is 471 g/mol. The van der Waals surface area contributed by atoms with Crippen molar-refractivity contribution in [2.45, 2.75) is 45.3 Å². The van der Waals surface area contributed by atoms with E-state index in [9.17, 15) is 18.3 Å².